The van der Waals surface area contributed by atoms with E-state index in [-0.39, 0.29) is 8.07 Å². The Labute approximate surface area is 116 Å². The van der Waals surface area contributed by atoms with Crippen LogP contribution < -0.4 is 0 Å². The molecule has 3 heteroatoms. The molecule has 3 atom stereocenters. The number of fused-ring (bicyclic) bond motifs is 1. The molecule has 0 aromatic carbocycles. The molecule has 5 aliphatic rings. The van der Waals surface area contributed by atoms with E-state index >= 15 is 0 Å². The molecule has 6 rings (SSSR count). The average Bonchev–Trinajstić information content (AvgIpc) is 3.04. The third-order valence-corrected chi connectivity index (χ3v) is 11.1. The molecular formula is C16H22NOP. The predicted octanol–water partition coefficient (Wildman–Crippen LogP) is 4.55. The molecule has 1 aromatic heterocycles. The van der Waals surface area contributed by atoms with Crippen LogP contribution in [0.4, 0.5) is 0 Å². The number of allylic oxidation sites excluding steroid dienone is 2. The molecule has 0 saturated carbocycles. The maximum absolute atomic E-state index is 5.36. The van der Waals surface area contributed by atoms with E-state index in [0.717, 1.165) is 0 Å². The Bertz CT molecular complexity index is 578. The second-order valence-corrected chi connectivity index (χ2v) is 9.98. The van der Waals surface area contributed by atoms with Crippen molar-refractivity contribution < 1.29 is 4.42 Å². The van der Waals surface area contributed by atoms with Gasteiger partial charge < -0.3 is 4.42 Å². The van der Waals surface area contributed by atoms with E-state index in [0.29, 0.717) is 21.8 Å². The highest BCUT2D eigenvalue weighted by Crippen LogP contribution is 2.99. The van der Waals surface area contributed by atoms with Gasteiger partial charge in [0.2, 0.25) is 0 Å². The SMILES string of the molecule is CC1=C(C)C2(C)P3N(C)[C@H](c4ccoc4)C2(C)C13C. The lowest BCUT2D eigenvalue weighted by Gasteiger charge is -2.62. The Kier molecular flexibility index (Phi) is 1.93. The lowest BCUT2D eigenvalue weighted by molar-refractivity contribution is 0.146. The zero-order valence-corrected chi connectivity index (χ0v) is 13.5. The molecule has 102 valence electrons. The summed E-state index contributed by atoms with van der Waals surface area (Å²) in [5, 5.41) is 0.774. The van der Waals surface area contributed by atoms with Crippen molar-refractivity contribution in [1.82, 2.24) is 4.67 Å². The number of nitrogens with zero attached hydrogens (tertiary/aromatic N) is 1. The van der Waals surface area contributed by atoms with Crippen molar-refractivity contribution in [3.05, 3.63) is 35.3 Å². The number of hydrogen-bond acceptors (Lipinski definition) is 2. The van der Waals surface area contributed by atoms with E-state index in [4.69, 9.17) is 4.42 Å². The Morgan fingerprint density at radius 3 is 2.16 bits per heavy atom. The second kappa shape index (κ2) is 3.02. The molecule has 0 amide bonds. The van der Waals surface area contributed by atoms with Gasteiger partial charge in [-0.3, -0.25) is 4.67 Å². The van der Waals surface area contributed by atoms with Crippen LogP contribution >= 0.6 is 8.07 Å². The molecular weight excluding hydrogens is 253 g/mol. The molecule has 0 N–H and O–H groups in total. The molecule has 3 fully saturated rings. The fraction of sp³-hybridized carbons (Fsp3) is 0.625. The molecule has 1 aliphatic carbocycles. The topological polar surface area (TPSA) is 16.4 Å². The van der Waals surface area contributed by atoms with Gasteiger partial charge in [-0.05, 0) is 48.9 Å². The molecule has 5 heterocycles. The molecule has 3 saturated heterocycles. The van der Waals surface area contributed by atoms with Crippen molar-refractivity contribution in [2.75, 3.05) is 7.05 Å². The van der Waals surface area contributed by atoms with Gasteiger partial charge >= 0.3 is 0 Å². The molecule has 4 bridgehead atoms. The summed E-state index contributed by atoms with van der Waals surface area (Å²) in [6.07, 6.45) is 3.76. The summed E-state index contributed by atoms with van der Waals surface area (Å²) in [6, 6.07) is 2.65. The first-order valence-electron chi connectivity index (χ1n) is 7.06. The summed E-state index contributed by atoms with van der Waals surface area (Å²) in [7, 11) is 2.21. The standard InChI is InChI=1S/C16H22NOP/c1-10-11(2)16(5)14(3)13(12-7-8-18-9-12)17(6)19(16)15(10,14)4/h7-9,13H,1-6H3/t13-,14?,15?,16?,19?/m1/s1. The lowest BCUT2D eigenvalue weighted by atomic mass is 9.63. The van der Waals surface area contributed by atoms with E-state index in [9.17, 15) is 0 Å². The van der Waals surface area contributed by atoms with Gasteiger partial charge in [0.05, 0.1) is 12.5 Å². The fourth-order valence-corrected chi connectivity index (χ4v) is 10.9. The van der Waals surface area contributed by atoms with Crippen LogP contribution in [0.25, 0.3) is 0 Å². The summed E-state index contributed by atoms with van der Waals surface area (Å²) in [5.41, 5.74) is 4.98. The summed E-state index contributed by atoms with van der Waals surface area (Å²) in [6.45, 7) is 12.2. The second-order valence-electron chi connectivity index (χ2n) is 6.94. The van der Waals surface area contributed by atoms with Gasteiger partial charge in [0.15, 0.2) is 0 Å². The van der Waals surface area contributed by atoms with Gasteiger partial charge in [-0.2, -0.15) is 0 Å². The van der Waals surface area contributed by atoms with Crippen LogP contribution in [0.1, 0.15) is 46.2 Å². The normalized spacial score (nSPS) is 51.9. The van der Waals surface area contributed by atoms with Crippen molar-refractivity contribution in [1.29, 1.82) is 0 Å². The highest BCUT2D eigenvalue weighted by atomic mass is 31.1. The van der Waals surface area contributed by atoms with Gasteiger partial charge in [-0.25, -0.2) is 0 Å². The van der Waals surface area contributed by atoms with Crippen molar-refractivity contribution in [2.45, 2.75) is 51.0 Å². The van der Waals surface area contributed by atoms with Gasteiger partial charge in [0.25, 0.3) is 0 Å². The van der Waals surface area contributed by atoms with Crippen LogP contribution in [0.2, 0.25) is 0 Å². The van der Waals surface area contributed by atoms with Crippen LogP contribution in [0, 0.1) is 5.41 Å². The lowest BCUT2D eigenvalue weighted by Crippen LogP contribution is -2.59. The monoisotopic (exact) mass is 275 g/mol. The summed E-state index contributed by atoms with van der Waals surface area (Å²) < 4.78 is 8.03. The quantitative estimate of drug-likeness (QED) is 0.552. The van der Waals surface area contributed by atoms with Crippen molar-refractivity contribution in [2.24, 2.45) is 5.41 Å². The Morgan fingerprint density at radius 1 is 1.16 bits per heavy atom. The van der Waals surface area contributed by atoms with Crippen molar-refractivity contribution in [3.63, 3.8) is 0 Å². The molecule has 0 radical (unpaired) electrons. The molecule has 2 nitrogen and oxygen atoms in total. The summed E-state index contributed by atoms with van der Waals surface area (Å²) >= 11 is 0. The summed E-state index contributed by atoms with van der Waals surface area (Å²) in [4.78, 5) is 0. The van der Waals surface area contributed by atoms with E-state index in [2.05, 4.69) is 52.4 Å². The highest BCUT2D eigenvalue weighted by Gasteiger charge is 2.87. The van der Waals surface area contributed by atoms with Gasteiger partial charge in [0.1, 0.15) is 0 Å². The van der Waals surface area contributed by atoms with Crippen LogP contribution in [0.5, 0.6) is 0 Å². The summed E-state index contributed by atoms with van der Waals surface area (Å²) in [5.74, 6) is 0. The van der Waals surface area contributed by atoms with Crippen LogP contribution in [0.3, 0.4) is 0 Å². The fourth-order valence-electron chi connectivity index (χ4n) is 5.77. The highest BCUT2D eigenvalue weighted by molar-refractivity contribution is 7.62. The number of rotatable bonds is 1. The van der Waals surface area contributed by atoms with E-state index in [1.807, 2.05) is 12.5 Å². The zero-order chi connectivity index (χ0) is 13.8. The van der Waals surface area contributed by atoms with Gasteiger partial charge in [-0.15, -0.1) is 0 Å². The van der Waals surface area contributed by atoms with Crippen LogP contribution in [0.15, 0.2) is 34.2 Å². The minimum absolute atomic E-state index is 0.112. The first kappa shape index (κ1) is 12.2. The first-order valence-corrected chi connectivity index (χ1v) is 8.36. The maximum atomic E-state index is 5.36. The Morgan fingerprint density at radius 2 is 1.74 bits per heavy atom. The van der Waals surface area contributed by atoms with Crippen molar-refractivity contribution in [3.8, 4) is 0 Å². The molecule has 1 aromatic rings. The molecule has 19 heavy (non-hydrogen) atoms. The smallest absolute Gasteiger partial charge is 0.0950 e. The molecule has 0 spiro atoms. The van der Waals surface area contributed by atoms with Crippen LogP contribution in [-0.4, -0.2) is 22.0 Å². The first-order chi connectivity index (χ1) is 8.83. The number of furan rings is 1. The maximum Gasteiger partial charge on any atom is 0.0950 e. The minimum Gasteiger partial charge on any atom is -0.472 e. The number of hydrogen-bond donors (Lipinski definition) is 0. The van der Waals surface area contributed by atoms with Gasteiger partial charge in [-0.1, -0.05) is 18.1 Å². The van der Waals surface area contributed by atoms with Gasteiger partial charge in [0, 0.05) is 27.3 Å². The Balaban J connectivity index is 1.96. The van der Waals surface area contributed by atoms with Crippen LogP contribution in [-0.2, 0) is 0 Å². The third kappa shape index (κ3) is 0.834. The van der Waals surface area contributed by atoms with E-state index in [1.165, 1.54) is 5.56 Å². The Hall–Kier alpha value is -0.590. The largest absolute Gasteiger partial charge is 0.472 e. The predicted molar refractivity (Wildman–Crippen MR) is 79.4 cm³/mol. The van der Waals surface area contributed by atoms with E-state index in [1.54, 1.807) is 11.1 Å². The third-order valence-electron chi connectivity index (χ3n) is 6.99. The minimum atomic E-state index is -0.112. The van der Waals surface area contributed by atoms with E-state index < -0.39 is 0 Å². The molecule has 4 aliphatic heterocycles. The molecule has 2 unspecified atom stereocenters. The van der Waals surface area contributed by atoms with Crippen molar-refractivity contribution >= 4 is 8.07 Å². The average molecular weight is 275 g/mol. The zero-order valence-electron chi connectivity index (χ0n) is 12.6.